The van der Waals surface area contributed by atoms with E-state index in [1.807, 2.05) is 18.2 Å². The molecule has 2 aromatic rings. The molecule has 4 nitrogen and oxygen atoms in total. The Morgan fingerprint density at radius 1 is 1.10 bits per heavy atom. The van der Waals surface area contributed by atoms with Crippen molar-refractivity contribution in [2.24, 2.45) is 5.92 Å². The summed E-state index contributed by atoms with van der Waals surface area (Å²) in [6.07, 6.45) is 4.78. The van der Waals surface area contributed by atoms with Gasteiger partial charge < -0.3 is 14.6 Å². The molecule has 3 atom stereocenters. The molecule has 1 saturated carbocycles. The van der Waals surface area contributed by atoms with Crippen LogP contribution in [0, 0.1) is 11.7 Å². The molecule has 0 aromatic heterocycles. The lowest BCUT2D eigenvalue weighted by Gasteiger charge is -2.53. The van der Waals surface area contributed by atoms with Crippen molar-refractivity contribution in [2.75, 3.05) is 20.8 Å². The van der Waals surface area contributed by atoms with E-state index in [0.717, 1.165) is 61.3 Å². The van der Waals surface area contributed by atoms with Gasteiger partial charge in [0.25, 0.3) is 0 Å². The highest BCUT2D eigenvalue weighted by molar-refractivity contribution is 5.43. The Morgan fingerprint density at radius 3 is 2.72 bits per heavy atom. The maximum absolute atomic E-state index is 13.8. The van der Waals surface area contributed by atoms with Crippen LogP contribution < -0.4 is 9.47 Å². The number of halogens is 1. The Bertz CT molecular complexity index is 858. The normalized spacial score (nSPS) is 27.3. The minimum atomic E-state index is -0.647. The van der Waals surface area contributed by atoms with Gasteiger partial charge in [-0.15, -0.1) is 0 Å². The molecule has 0 amide bonds. The van der Waals surface area contributed by atoms with Crippen molar-refractivity contribution >= 4 is 0 Å². The van der Waals surface area contributed by atoms with Crippen molar-refractivity contribution in [3.8, 4) is 11.5 Å². The van der Waals surface area contributed by atoms with E-state index < -0.39 is 5.60 Å². The highest BCUT2D eigenvalue weighted by atomic mass is 19.1. The van der Waals surface area contributed by atoms with Crippen molar-refractivity contribution in [3.63, 3.8) is 0 Å². The second-order valence-corrected chi connectivity index (χ2v) is 8.36. The standard InChI is InChI=1S/C24H30FNO3/c1-28-19-9-10-20(22(15-19)29-2)23-21-8-3-4-11-24(21,27)12-13-26(23)16-17-6-5-7-18(25)14-17/h5-7,9-10,14-15,21,23,27H,3-4,8,11-13,16H2,1-2H3/t21-,23-,24+/m1/s1. The zero-order valence-electron chi connectivity index (χ0n) is 17.2. The van der Waals surface area contributed by atoms with Gasteiger partial charge in [0, 0.05) is 36.7 Å². The van der Waals surface area contributed by atoms with E-state index in [4.69, 9.17) is 9.47 Å². The predicted molar refractivity (Wildman–Crippen MR) is 111 cm³/mol. The predicted octanol–water partition coefficient (Wildman–Crippen LogP) is 4.71. The largest absolute Gasteiger partial charge is 0.497 e. The molecule has 0 unspecified atom stereocenters. The second-order valence-electron chi connectivity index (χ2n) is 8.36. The lowest BCUT2D eigenvalue weighted by atomic mass is 9.66. The maximum atomic E-state index is 13.8. The van der Waals surface area contributed by atoms with Crippen LogP contribution in [0.1, 0.15) is 49.3 Å². The van der Waals surface area contributed by atoms with Crippen LogP contribution >= 0.6 is 0 Å². The molecule has 1 N–H and O–H groups in total. The van der Waals surface area contributed by atoms with E-state index in [-0.39, 0.29) is 17.8 Å². The van der Waals surface area contributed by atoms with E-state index in [1.54, 1.807) is 26.4 Å². The first kappa shape index (κ1) is 20.2. The van der Waals surface area contributed by atoms with Crippen molar-refractivity contribution < 1.29 is 19.0 Å². The summed E-state index contributed by atoms with van der Waals surface area (Å²) in [6, 6.07) is 12.7. The molecule has 0 radical (unpaired) electrons. The lowest BCUT2D eigenvalue weighted by Crippen LogP contribution is -2.54. The van der Waals surface area contributed by atoms with Crippen LogP contribution in [0.25, 0.3) is 0 Å². The Balaban J connectivity index is 1.74. The quantitative estimate of drug-likeness (QED) is 0.791. The number of fused-ring (bicyclic) bond motifs is 1. The number of methoxy groups -OCH3 is 2. The summed E-state index contributed by atoms with van der Waals surface area (Å²) < 4.78 is 24.9. The minimum absolute atomic E-state index is 0.0122. The molecule has 156 valence electrons. The van der Waals surface area contributed by atoms with Gasteiger partial charge in [0.2, 0.25) is 0 Å². The number of piperidine rings is 1. The molecular weight excluding hydrogens is 369 g/mol. The molecule has 0 bridgehead atoms. The molecule has 0 spiro atoms. The van der Waals surface area contributed by atoms with E-state index in [1.165, 1.54) is 6.07 Å². The average molecular weight is 400 g/mol. The molecule has 4 rings (SSSR count). The molecular formula is C24H30FNO3. The van der Waals surface area contributed by atoms with Crippen LogP contribution in [-0.4, -0.2) is 36.4 Å². The molecule has 29 heavy (non-hydrogen) atoms. The summed E-state index contributed by atoms with van der Waals surface area (Å²) in [7, 11) is 3.32. The topological polar surface area (TPSA) is 41.9 Å². The summed E-state index contributed by atoms with van der Waals surface area (Å²) in [5, 5.41) is 11.5. The Kier molecular flexibility index (Phi) is 5.79. The van der Waals surface area contributed by atoms with Gasteiger partial charge in [0.15, 0.2) is 0 Å². The van der Waals surface area contributed by atoms with Crippen LogP contribution in [0.4, 0.5) is 4.39 Å². The number of hydrogen-bond donors (Lipinski definition) is 1. The van der Waals surface area contributed by atoms with E-state index in [9.17, 15) is 9.50 Å². The Morgan fingerprint density at radius 2 is 1.97 bits per heavy atom. The van der Waals surface area contributed by atoms with E-state index in [0.29, 0.717) is 6.54 Å². The van der Waals surface area contributed by atoms with Gasteiger partial charge in [0.1, 0.15) is 17.3 Å². The average Bonchev–Trinajstić information content (AvgIpc) is 2.73. The van der Waals surface area contributed by atoms with Gasteiger partial charge in [-0.05, 0) is 43.0 Å². The lowest BCUT2D eigenvalue weighted by molar-refractivity contribution is -0.126. The smallest absolute Gasteiger partial charge is 0.127 e. The molecule has 2 aliphatic rings. The summed E-state index contributed by atoms with van der Waals surface area (Å²) in [4.78, 5) is 2.38. The zero-order chi connectivity index (χ0) is 20.4. The highest BCUT2D eigenvalue weighted by Gasteiger charge is 2.49. The monoisotopic (exact) mass is 399 g/mol. The fraction of sp³-hybridized carbons (Fsp3) is 0.500. The second kappa shape index (κ2) is 8.33. The molecule has 1 aliphatic carbocycles. The first-order valence-corrected chi connectivity index (χ1v) is 10.5. The SMILES string of the molecule is COc1ccc([C@@H]2[C@H]3CCCC[C@]3(O)CCN2Cc2cccc(F)c2)c(OC)c1. The van der Waals surface area contributed by atoms with Gasteiger partial charge in [-0.1, -0.05) is 31.0 Å². The van der Waals surface area contributed by atoms with E-state index in [2.05, 4.69) is 11.0 Å². The molecule has 1 saturated heterocycles. The highest BCUT2D eigenvalue weighted by Crippen LogP contribution is 2.51. The number of hydrogen-bond acceptors (Lipinski definition) is 4. The van der Waals surface area contributed by atoms with Crippen molar-refractivity contribution in [2.45, 2.75) is 50.3 Å². The summed E-state index contributed by atoms with van der Waals surface area (Å²) in [5.41, 5.74) is 1.37. The van der Waals surface area contributed by atoms with Crippen LogP contribution in [0.5, 0.6) is 11.5 Å². The molecule has 1 heterocycles. The van der Waals surface area contributed by atoms with Crippen LogP contribution in [-0.2, 0) is 6.54 Å². The van der Waals surface area contributed by atoms with Crippen LogP contribution in [0.2, 0.25) is 0 Å². The van der Waals surface area contributed by atoms with Crippen LogP contribution in [0.15, 0.2) is 42.5 Å². The van der Waals surface area contributed by atoms with E-state index >= 15 is 0 Å². The summed E-state index contributed by atoms with van der Waals surface area (Å²) >= 11 is 0. The summed E-state index contributed by atoms with van der Waals surface area (Å²) in [5.74, 6) is 1.43. The number of nitrogens with zero attached hydrogens (tertiary/aromatic N) is 1. The number of ether oxygens (including phenoxy) is 2. The molecule has 2 aromatic carbocycles. The molecule has 2 fully saturated rings. The number of aliphatic hydroxyl groups is 1. The minimum Gasteiger partial charge on any atom is -0.497 e. The third-order valence-electron chi connectivity index (χ3n) is 6.71. The first-order valence-electron chi connectivity index (χ1n) is 10.5. The van der Waals surface area contributed by atoms with Crippen molar-refractivity contribution in [1.82, 2.24) is 4.90 Å². The number of rotatable bonds is 5. The zero-order valence-corrected chi connectivity index (χ0v) is 17.2. The van der Waals surface area contributed by atoms with Gasteiger partial charge in [-0.2, -0.15) is 0 Å². The third-order valence-corrected chi connectivity index (χ3v) is 6.71. The van der Waals surface area contributed by atoms with Gasteiger partial charge in [-0.25, -0.2) is 4.39 Å². The van der Waals surface area contributed by atoms with Crippen LogP contribution in [0.3, 0.4) is 0 Å². The third kappa shape index (κ3) is 3.99. The van der Waals surface area contributed by atoms with Gasteiger partial charge in [-0.3, -0.25) is 4.90 Å². The van der Waals surface area contributed by atoms with Crippen molar-refractivity contribution in [1.29, 1.82) is 0 Å². The van der Waals surface area contributed by atoms with Gasteiger partial charge >= 0.3 is 0 Å². The fourth-order valence-corrected chi connectivity index (χ4v) is 5.27. The summed E-state index contributed by atoms with van der Waals surface area (Å²) in [6.45, 7) is 1.41. The molecule has 1 aliphatic heterocycles. The van der Waals surface area contributed by atoms with Gasteiger partial charge in [0.05, 0.1) is 19.8 Å². The fourth-order valence-electron chi connectivity index (χ4n) is 5.27. The maximum Gasteiger partial charge on any atom is 0.127 e. The number of benzene rings is 2. The Hall–Kier alpha value is -2.11. The molecule has 5 heteroatoms. The van der Waals surface area contributed by atoms with Crippen molar-refractivity contribution in [3.05, 3.63) is 59.4 Å². The Labute approximate surface area is 172 Å². The number of likely N-dealkylation sites (tertiary alicyclic amines) is 1. The first-order chi connectivity index (χ1) is 14.0.